The van der Waals surface area contributed by atoms with Gasteiger partial charge in [-0.05, 0) is 53.9 Å². The highest BCUT2D eigenvalue weighted by Gasteiger charge is 2.22. The van der Waals surface area contributed by atoms with Gasteiger partial charge in [-0.15, -0.1) is 0 Å². The van der Waals surface area contributed by atoms with Gasteiger partial charge in [0.15, 0.2) is 0 Å². The Hall–Kier alpha value is -3.97. The number of benzene rings is 3. The van der Waals surface area contributed by atoms with E-state index in [-0.39, 0.29) is 17.9 Å². The van der Waals surface area contributed by atoms with Crippen LogP contribution in [-0.4, -0.2) is 44.0 Å². The fourth-order valence-electron chi connectivity index (χ4n) is 4.61. The Balaban J connectivity index is 1.26. The molecule has 7 nitrogen and oxygen atoms in total. The molecule has 0 saturated carbocycles. The molecule has 2 aliphatic heterocycles. The molecule has 184 valence electrons. The molecule has 1 atom stereocenters. The summed E-state index contributed by atoms with van der Waals surface area (Å²) in [7, 11) is 0. The molecule has 0 aliphatic carbocycles. The zero-order valence-corrected chi connectivity index (χ0v) is 20.4. The predicted octanol–water partition coefficient (Wildman–Crippen LogP) is 4.09. The van der Waals surface area contributed by atoms with Crippen molar-refractivity contribution in [3.8, 4) is 0 Å². The van der Waals surface area contributed by atoms with Crippen molar-refractivity contribution < 1.29 is 14.3 Å². The summed E-state index contributed by atoms with van der Waals surface area (Å²) in [6.45, 7) is 5.65. The van der Waals surface area contributed by atoms with Crippen LogP contribution in [0.25, 0.3) is 0 Å². The number of nitrogens with zero attached hydrogens (tertiary/aromatic N) is 2. The maximum absolute atomic E-state index is 13.0. The zero-order chi connectivity index (χ0) is 24.9. The third kappa shape index (κ3) is 5.16. The van der Waals surface area contributed by atoms with Gasteiger partial charge in [-0.1, -0.05) is 43.3 Å². The van der Waals surface area contributed by atoms with Crippen LogP contribution in [0.15, 0.2) is 77.8 Å². The number of carbonyl (C=O) groups excluding carboxylic acids is 2. The van der Waals surface area contributed by atoms with Crippen molar-refractivity contribution in [1.82, 2.24) is 10.6 Å². The lowest BCUT2D eigenvalue weighted by molar-refractivity contribution is 0.0934. The van der Waals surface area contributed by atoms with E-state index in [1.54, 1.807) is 0 Å². The number of rotatable bonds is 6. The van der Waals surface area contributed by atoms with Crippen LogP contribution in [0.5, 0.6) is 0 Å². The molecule has 2 aliphatic rings. The average molecular weight is 483 g/mol. The monoisotopic (exact) mass is 482 g/mol. The predicted molar refractivity (Wildman–Crippen MR) is 141 cm³/mol. The Morgan fingerprint density at radius 3 is 2.39 bits per heavy atom. The molecule has 0 spiro atoms. The van der Waals surface area contributed by atoms with E-state index in [4.69, 9.17) is 4.74 Å². The summed E-state index contributed by atoms with van der Waals surface area (Å²) in [6, 6.07) is 23.0. The summed E-state index contributed by atoms with van der Waals surface area (Å²) in [5.41, 5.74) is 5.03. The largest absolute Gasteiger partial charge is 0.378 e. The second-order valence-corrected chi connectivity index (χ2v) is 8.98. The van der Waals surface area contributed by atoms with Crippen LogP contribution >= 0.6 is 0 Å². The minimum absolute atomic E-state index is 0.0692. The number of nitrogens with one attached hydrogen (secondary N) is 2. The third-order valence-corrected chi connectivity index (χ3v) is 6.69. The minimum atomic E-state index is -0.222. The van der Waals surface area contributed by atoms with E-state index in [9.17, 15) is 9.59 Å². The summed E-state index contributed by atoms with van der Waals surface area (Å²) in [4.78, 5) is 32.8. The van der Waals surface area contributed by atoms with Crippen LogP contribution in [0.2, 0.25) is 0 Å². The maximum Gasteiger partial charge on any atom is 0.256 e. The van der Waals surface area contributed by atoms with E-state index in [0.29, 0.717) is 36.7 Å². The van der Waals surface area contributed by atoms with Gasteiger partial charge in [-0.3, -0.25) is 14.6 Å². The van der Waals surface area contributed by atoms with Crippen LogP contribution in [-0.2, 0) is 11.3 Å². The van der Waals surface area contributed by atoms with E-state index in [1.807, 2.05) is 72.8 Å². The normalized spacial score (nSPS) is 15.6. The summed E-state index contributed by atoms with van der Waals surface area (Å²) in [6.07, 6.45) is 0.786. The molecule has 0 radical (unpaired) electrons. The van der Waals surface area contributed by atoms with Crippen molar-refractivity contribution in [2.24, 2.45) is 4.99 Å². The lowest BCUT2D eigenvalue weighted by Gasteiger charge is -2.28. The van der Waals surface area contributed by atoms with Crippen molar-refractivity contribution in [3.05, 3.63) is 101 Å². The highest BCUT2D eigenvalue weighted by atomic mass is 16.5. The van der Waals surface area contributed by atoms with Crippen molar-refractivity contribution in [2.75, 3.05) is 31.2 Å². The van der Waals surface area contributed by atoms with E-state index >= 15 is 0 Å². The van der Waals surface area contributed by atoms with Gasteiger partial charge in [0, 0.05) is 35.5 Å². The fourth-order valence-corrected chi connectivity index (χ4v) is 4.61. The SMILES string of the molecule is CCC(NC(=O)c1ccc2c(c1)C(NC(=O)c1ccc(N3CCOCC3)cc1)=NC2)c1ccccc1. The van der Waals surface area contributed by atoms with Gasteiger partial charge in [-0.25, -0.2) is 0 Å². The minimum Gasteiger partial charge on any atom is -0.378 e. The first kappa shape index (κ1) is 23.8. The molecule has 2 amide bonds. The molecule has 3 aromatic rings. The molecular weight excluding hydrogens is 452 g/mol. The lowest BCUT2D eigenvalue weighted by Crippen LogP contribution is -2.36. The molecule has 1 saturated heterocycles. The van der Waals surface area contributed by atoms with Crippen LogP contribution in [0.3, 0.4) is 0 Å². The number of hydrogen-bond donors (Lipinski definition) is 2. The van der Waals surface area contributed by atoms with Crippen molar-refractivity contribution in [1.29, 1.82) is 0 Å². The molecule has 1 fully saturated rings. The number of aliphatic imine (C=N–C) groups is 1. The molecule has 0 bridgehead atoms. The Morgan fingerprint density at radius 2 is 1.67 bits per heavy atom. The summed E-state index contributed by atoms with van der Waals surface area (Å²) < 4.78 is 5.41. The second kappa shape index (κ2) is 10.7. The van der Waals surface area contributed by atoms with Gasteiger partial charge in [0.1, 0.15) is 5.84 Å². The van der Waals surface area contributed by atoms with E-state index in [1.165, 1.54) is 0 Å². The van der Waals surface area contributed by atoms with E-state index < -0.39 is 0 Å². The van der Waals surface area contributed by atoms with Crippen LogP contribution in [0.4, 0.5) is 5.69 Å². The Bertz CT molecular complexity index is 1270. The Morgan fingerprint density at radius 1 is 0.944 bits per heavy atom. The molecule has 5 rings (SSSR count). The van der Waals surface area contributed by atoms with Crippen molar-refractivity contribution in [2.45, 2.75) is 25.9 Å². The highest BCUT2D eigenvalue weighted by Crippen LogP contribution is 2.22. The van der Waals surface area contributed by atoms with Gasteiger partial charge in [0.2, 0.25) is 0 Å². The number of morpholine rings is 1. The number of amides is 2. The van der Waals surface area contributed by atoms with Crippen molar-refractivity contribution >= 4 is 23.3 Å². The quantitative estimate of drug-likeness (QED) is 0.554. The van der Waals surface area contributed by atoms with Crippen molar-refractivity contribution in [3.63, 3.8) is 0 Å². The van der Waals surface area contributed by atoms with Gasteiger partial charge in [0.05, 0.1) is 25.8 Å². The number of fused-ring (bicyclic) bond motifs is 1. The van der Waals surface area contributed by atoms with E-state index in [0.717, 1.165) is 41.9 Å². The first-order valence-corrected chi connectivity index (χ1v) is 12.4. The number of hydrogen-bond acceptors (Lipinski definition) is 5. The number of carbonyl (C=O) groups is 2. The van der Waals surface area contributed by atoms with Gasteiger partial charge < -0.3 is 20.3 Å². The van der Waals surface area contributed by atoms with Crippen LogP contribution < -0.4 is 15.5 Å². The van der Waals surface area contributed by atoms with E-state index in [2.05, 4.69) is 27.4 Å². The van der Waals surface area contributed by atoms with Gasteiger partial charge in [-0.2, -0.15) is 0 Å². The summed E-state index contributed by atoms with van der Waals surface area (Å²) in [5, 5.41) is 6.07. The summed E-state index contributed by atoms with van der Waals surface area (Å²) in [5.74, 6) is 0.127. The molecule has 3 aromatic carbocycles. The number of anilines is 1. The molecular formula is C29H30N4O3. The smallest absolute Gasteiger partial charge is 0.256 e. The molecule has 2 heterocycles. The number of ether oxygens (including phenoxy) is 1. The maximum atomic E-state index is 13.0. The Labute approximate surface area is 211 Å². The molecule has 2 N–H and O–H groups in total. The molecule has 7 heteroatoms. The fraction of sp³-hybridized carbons (Fsp3) is 0.276. The Kier molecular flexibility index (Phi) is 7.09. The second-order valence-electron chi connectivity index (χ2n) is 8.98. The molecule has 36 heavy (non-hydrogen) atoms. The standard InChI is InChI=1S/C29H30N4O3/c1-2-26(20-6-4-3-5-7-20)31-29(35)22-8-9-23-19-30-27(25(23)18-22)32-28(34)21-10-12-24(13-11-21)33-14-16-36-17-15-33/h3-13,18,26H,2,14-17,19H2,1H3,(H,31,35)(H,30,32,34). The third-order valence-electron chi connectivity index (χ3n) is 6.69. The topological polar surface area (TPSA) is 83.0 Å². The highest BCUT2D eigenvalue weighted by molar-refractivity contribution is 6.15. The number of amidine groups is 1. The van der Waals surface area contributed by atoms with Crippen LogP contribution in [0, 0.1) is 0 Å². The lowest BCUT2D eigenvalue weighted by atomic mass is 10.0. The van der Waals surface area contributed by atoms with Gasteiger partial charge in [0.25, 0.3) is 11.8 Å². The molecule has 1 unspecified atom stereocenters. The first-order valence-electron chi connectivity index (χ1n) is 12.4. The zero-order valence-electron chi connectivity index (χ0n) is 20.4. The van der Waals surface area contributed by atoms with Gasteiger partial charge >= 0.3 is 0 Å². The van der Waals surface area contributed by atoms with Crippen LogP contribution in [0.1, 0.15) is 56.8 Å². The summed E-state index contributed by atoms with van der Waals surface area (Å²) >= 11 is 0. The average Bonchev–Trinajstić information content (AvgIpc) is 3.34. The molecule has 0 aromatic heterocycles. The first-order chi connectivity index (χ1) is 17.6.